The van der Waals surface area contributed by atoms with E-state index in [0.29, 0.717) is 0 Å². The standard InChI is InChI=1S/C28H25P.2ClH.Zr/c1-18-10-11-19(2)26-15-23(14-25(18)26)29(22-8-6-5-7-9-22)24-16-27-20(3)12-13-21(4)28(27)17-24;;;/h5-17H,1-4H3;2*1H;/q;;;+2/p-2. The number of halogens is 2. The fraction of sp³-hybridized carbons (Fsp3) is 0.214. The van der Waals surface area contributed by atoms with Crippen molar-refractivity contribution < 1.29 is 48.0 Å². The van der Waals surface area contributed by atoms with Gasteiger partial charge in [-0.1, -0.05) is 0 Å². The van der Waals surface area contributed by atoms with Crippen molar-refractivity contribution in [2.45, 2.75) is 34.9 Å². The van der Waals surface area contributed by atoms with E-state index in [0.717, 1.165) is 7.25 Å². The number of allylic oxidation sites excluding steroid dienone is 2. The molecule has 2 atom stereocenters. The molecule has 0 bridgehead atoms. The van der Waals surface area contributed by atoms with Gasteiger partial charge < -0.3 is 24.8 Å². The number of fused-ring (bicyclic) bond motifs is 6. The van der Waals surface area contributed by atoms with Crippen LogP contribution in [0.1, 0.15) is 51.8 Å². The zero-order valence-electron chi connectivity index (χ0n) is 18.7. The normalized spacial score (nSPS) is 21.3. The minimum atomic E-state index is -0.742. The maximum absolute atomic E-state index is 2.61. The van der Waals surface area contributed by atoms with E-state index in [-0.39, 0.29) is 24.8 Å². The molecular formula is C28H25Cl2PZr. The van der Waals surface area contributed by atoms with Gasteiger partial charge in [-0.2, -0.15) is 0 Å². The third-order valence-corrected chi connectivity index (χ3v) is 15.5. The topological polar surface area (TPSA) is 0 Å². The molecule has 4 heteroatoms. The van der Waals surface area contributed by atoms with Crippen LogP contribution in [-0.4, -0.2) is 0 Å². The van der Waals surface area contributed by atoms with E-state index in [9.17, 15) is 0 Å². The summed E-state index contributed by atoms with van der Waals surface area (Å²) >= 11 is -0.742. The molecule has 3 aromatic rings. The zero-order valence-corrected chi connectivity index (χ0v) is 23.6. The Morgan fingerprint density at radius 2 is 1.03 bits per heavy atom. The van der Waals surface area contributed by atoms with Gasteiger partial charge >= 0.3 is 193 Å². The van der Waals surface area contributed by atoms with Crippen molar-refractivity contribution in [1.29, 1.82) is 0 Å². The average Bonchev–Trinajstić information content (AvgIpc) is 3.33. The third kappa shape index (κ3) is 3.47. The Morgan fingerprint density at radius 3 is 1.50 bits per heavy atom. The molecule has 6 rings (SSSR count). The van der Waals surface area contributed by atoms with Crippen LogP contribution in [0.3, 0.4) is 0 Å². The molecule has 3 aliphatic rings. The molecule has 1 fully saturated rings. The number of benzene rings is 3. The molecule has 0 saturated carbocycles. The van der Waals surface area contributed by atoms with Crippen molar-refractivity contribution in [3.63, 3.8) is 0 Å². The second kappa shape index (κ2) is 9.00. The molecule has 0 amide bonds. The van der Waals surface area contributed by atoms with Gasteiger partial charge in [0.25, 0.3) is 0 Å². The van der Waals surface area contributed by atoms with Crippen molar-refractivity contribution in [2.75, 3.05) is 0 Å². The maximum Gasteiger partial charge on any atom is -1.00 e. The van der Waals surface area contributed by atoms with E-state index in [4.69, 9.17) is 0 Å². The van der Waals surface area contributed by atoms with Gasteiger partial charge in [-0.05, 0) is 0 Å². The molecule has 0 nitrogen and oxygen atoms in total. The molecule has 1 saturated heterocycles. The monoisotopic (exact) mass is 552 g/mol. The zero-order chi connectivity index (χ0) is 20.6. The van der Waals surface area contributed by atoms with Gasteiger partial charge in [-0.25, -0.2) is 0 Å². The van der Waals surface area contributed by atoms with E-state index < -0.39 is 31.2 Å². The van der Waals surface area contributed by atoms with Crippen molar-refractivity contribution in [1.82, 2.24) is 0 Å². The van der Waals surface area contributed by atoms with Crippen molar-refractivity contribution in [3.05, 3.63) is 110 Å². The van der Waals surface area contributed by atoms with Crippen LogP contribution >= 0.6 is 7.92 Å². The number of rotatable bonds is 1. The van der Waals surface area contributed by atoms with E-state index in [1.54, 1.807) is 32.9 Å². The van der Waals surface area contributed by atoms with Crippen LogP contribution in [0, 0.1) is 27.7 Å². The maximum atomic E-state index is 2.61. The minimum Gasteiger partial charge on any atom is -1.00 e. The number of hydrogen-bond acceptors (Lipinski definition) is 0. The van der Waals surface area contributed by atoms with Crippen molar-refractivity contribution in [2.24, 2.45) is 0 Å². The molecule has 3 aromatic carbocycles. The molecule has 160 valence electrons. The Bertz CT molecular complexity index is 1200. The SMILES string of the molecule is Cc1ccc(C)c2c1C=C1[CH]2[Zr+2][CH]2C(=Cc3c(C)ccc(C)c32)P1c1ccccc1.[Cl-].[Cl-]. The minimum absolute atomic E-state index is 0. The van der Waals surface area contributed by atoms with Crippen LogP contribution < -0.4 is 30.1 Å². The number of aryl methyl sites for hydroxylation is 4. The van der Waals surface area contributed by atoms with Crippen molar-refractivity contribution >= 4 is 25.4 Å². The molecule has 0 spiro atoms. The van der Waals surface area contributed by atoms with Gasteiger partial charge in [0, 0.05) is 0 Å². The smallest absolute Gasteiger partial charge is 1.00 e. The molecule has 1 aliphatic heterocycles. The summed E-state index contributed by atoms with van der Waals surface area (Å²) < 4.78 is 1.45. The largest absolute Gasteiger partial charge is 1.00 e. The number of hydrogen-bond donors (Lipinski definition) is 0. The first kappa shape index (κ1) is 24.2. The summed E-state index contributed by atoms with van der Waals surface area (Å²) in [5, 5.41) is 5.03. The Hall–Kier alpha value is -0.967. The summed E-state index contributed by atoms with van der Waals surface area (Å²) in [4.78, 5) is 0. The van der Waals surface area contributed by atoms with Crippen LogP contribution in [0.25, 0.3) is 12.2 Å². The molecule has 1 heterocycles. The molecule has 2 aliphatic carbocycles. The average molecular weight is 555 g/mol. The Labute approximate surface area is 216 Å². The summed E-state index contributed by atoms with van der Waals surface area (Å²) in [5.41, 5.74) is 12.3. The first-order valence-corrected chi connectivity index (χ1v) is 15.0. The summed E-state index contributed by atoms with van der Waals surface area (Å²) in [7, 11) is -0.425. The second-order valence-electron chi connectivity index (χ2n) is 8.90. The van der Waals surface area contributed by atoms with Crippen LogP contribution in [-0.2, 0) is 23.2 Å². The quantitative estimate of drug-likeness (QED) is 0.399. The predicted octanol–water partition coefficient (Wildman–Crippen LogP) is 1.32. The molecule has 0 N–H and O–H groups in total. The van der Waals surface area contributed by atoms with Crippen molar-refractivity contribution in [3.8, 4) is 0 Å². The fourth-order valence-electron chi connectivity index (χ4n) is 5.53. The second-order valence-corrected chi connectivity index (χ2v) is 14.8. The van der Waals surface area contributed by atoms with Crippen LogP contribution in [0.15, 0.2) is 65.2 Å². The molecule has 2 unspecified atom stereocenters. The molecular weight excluding hydrogens is 529 g/mol. The van der Waals surface area contributed by atoms with Gasteiger partial charge in [0.15, 0.2) is 0 Å². The van der Waals surface area contributed by atoms with E-state index in [1.807, 2.05) is 0 Å². The first-order chi connectivity index (χ1) is 14.5. The molecule has 0 aromatic heterocycles. The van der Waals surface area contributed by atoms with Gasteiger partial charge in [-0.15, -0.1) is 0 Å². The molecule has 0 radical (unpaired) electrons. The summed E-state index contributed by atoms with van der Waals surface area (Å²) in [6.07, 6.45) is 5.23. The Balaban J connectivity index is 0.00000122. The summed E-state index contributed by atoms with van der Waals surface area (Å²) in [6.45, 7) is 9.27. The molecule has 32 heavy (non-hydrogen) atoms. The predicted molar refractivity (Wildman–Crippen MR) is 126 cm³/mol. The third-order valence-electron chi connectivity index (χ3n) is 7.06. The van der Waals surface area contributed by atoms with E-state index in [2.05, 4.69) is 94.4 Å². The van der Waals surface area contributed by atoms with Gasteiger partial charge in [0.2, 0.25) is 0 Å². The van der Waals surface area contributed by atoms with E-state index in [1.165, 1.54) is 27.6 Å². The van der Waals surface area contributed by atoms with Crippen LogP contribution in [0.4, 0.5) is 0 Å². The summed E-state index contributed by atoms with van der Waals surface area (Å²) in [6, 6.07) is 20.7. The fourth-order valence-corrected chi connectivity index (χ4v) is 15.7. The van der Waals surface area contributed by atoms with E-state index >= 15 is 0 Å². The Kier molecular flexibility index (Phi) is 6.80. The first-order valence-electron chi connectivity index (χ1n) is 10.8. The Morgan fingerprint density at radius 1 is 0.594 bits per heavy atom. The van der Waals surface area contributed by atoms with Gasteiger partial charge in [0.05, 0.1) is 0 Å². The summed E-state index contributed by atoms with van der Waals surface area (Å²) in [5.74, 6) is 0. The van der Waals surface area contributed by atoms with Gasteiger partial charge in [0.1, 0.15) is 0 Å². The van der Waals surface area contributed by atoms with Gasteiger partial charge in [-0.3, -0.25) is 0 Å². The van der Waals surface area contributed by atoms with Crippen LogP contribution in [0.5, 0.6) is 0 Å². The van der Waals surface area contributed by atoms with Crippen LogP contribution in [0.2, 0.25) is 0 Å².